The SMILES string of the molecule is CC(C)c1nccn1Cc1ccc(Br)cc1Cl. The fraction of sp³-hybridized carbons (Fsp3) is 0.308. The molecule has 2 aromatic rings. The van der Waals surface area contributed by atoms with Crippen LogP contribution >= 0.6 is 27.5 Å². The number of hydrogen-bond donors (Lipinski definition) is 0. The molecule has 0 amide bonds. The van der Waals surface area contributed by atoms with Crippen molar-refractivity contribution in [1.29, 1.82) is 0 Å². The van der Waals surface area contributed by atoms with E-state index in [1.165, 1.54) is 0 Å². The van der Waals surface area contributed by atoms with Gasteiger partial charge in [-0.05, 0) is 17.7 Å². The smallest absolute Gasteiger partial charge is 0.111 e. The minimum Gasteiger partial charge on any atom is -0.330 e. The lowest BCUT2D eigenvalue weighted by molar-refractivity contribution is 0.670. The Labute approximate surface area is 115 Å². The molecule has 0 aliphatic rings. The molecule has 0 unspecified atom stereocenters. The number of benzene rings is 1. The molecular weight excluding hydrogens is 300 g/mol. The molecular formula is C13H14BrClN2. The van der Waals surface area contributed by atoms with Gasteiger partial charge in [-0.25, -0.2) is 4.98 Å². The van der Waals surface area contributed by atoms with Gasteiger partial charge in [0.15, 0.2) is 0 Å². The van der Waals surface area contributed by atoms with Crippen molar-refractivity contribution in [1.82, 2.24) is 9.55 Å². The average molecular weight is 314 g/mol. The van der Waals surface area contributed by atoms with Crippen molar-refractivity contribution in [3.8, 4) is 0 Å². The van der Waals surface area contributed by atoms with Gasteiger partial charge in [-0.2, -0.15) is 0 Å². The van der Waals surface area contributed by atoms with Crippen LogP contribution in [0.3, 0.4) is 0 Å². The van der Waals surface area contributed by atoms with Gasteiger partial charge < -0.3 is 4.57 Å². The van der Waals surface area contributed by atoms with Crippen LogP contribution in [-0.2, 0) is 6.54 Å². The molecule has 1 heterocycles. The van der Waals surface area contributed by atoms with Crippen LogP contribution in [0.2, 0.25) is 5.02 Å². The molecule has 0 spiro atoms. The van der Waals surface area contributed by atoms with Gasteiger partial charge in [0.2, 0.25) is 0 Å². The Morgan fingerprint density at radius 2 is 2.18 bits per heavy atom. The van der Waals surface area contributed by atoms with Crippen LogP contribution in [0.5, 0.6) is 0 Å². The summed E-state index contributed by atoms with van der Waals surface area (Å²) < 4.78 is 3.14. The lowest BCUT2D eigenvalue weighted by Crippen LogP contribution is -2.06. The molecule has 0 bridgehead atoms. The summed E-state index contributed by atoms with van der Waals surface area (Å²) in [4.78, 5) is 4.37. The van der Waals surface area contributed by atoms with E-state index < -0.39 is 0 Å². The van der Waals surface area contributed by atoms with Crippen molar-refractivity contribution < 1.29 is 0 Å². The highest BCUT2D eigenvalue weighted by Gasteiger charge is 2.09. The molecule has 0 saturated carbocycles. The van der Waals surface area contributed by atoms with Crippen molar-refractivity contribution in [2.75, 3.05) is 0 Å². The summed E-state index contributed by atoms with van der Waals surface area (Å²) in [6.45, 7) is 5.05. The van der Waals surface area contributed by atoms with Crippen LogP contribution < -0.4 is 0 Å². The third-order valence-corrected chi connectivity index (χ3v) is 3.46. The van der Waals surface area contributed by atoms with Gasteiger partial charge in [0.25, 0.3) is 0 Å². The fourth-order valence-electron chi connectivity index (χ4n) is 1.79. The number of hydrogen-bond acceptors (Lipinski definition) is 1. The first-order chi connectivity index (χ1) is 8.08. The molecule has 0 N–H and O–H groups in total. The van der Waals surface area contributed by atoms with Crippen LogP contribution in [0.1, 0.15) is 31.2 Å². The Bertz CT molecular complexity index is 520. The molecule has 90 valence electrons. The van der Waals surface area contributed by atoms with E-state index in [0.717, 1.165) is 27.4 Å². The van der Waals surface area contributed by atoms with Crippen molar-refractivity contribution in [2.24, 2.45) is 0 Å². The first kappa shape index (κ1) is 12.7. The molecule has 2 nitrogen and oxygen atoms in total. The standard InChI is InChI=1S/C13H14BrClN2/c1-9(2)13-16-5-6-17(13)8-10-3-4-11(14)7-12(10)15/h3-7,9H,8H2,1-2H3. The summed E-state index contributed by atoms with van der Waals surface area (Å²) in [5, 5.41) is 0.780. The van der Waals surface area contributed by atoms with Gasteiger partial charge in [-0.1, -0.05) is 47.4 Å². The lowest BCUT2D eigenvalue weighted by Gasteiger charge is -2.11. The fourth-order valence-corrected chi connectivity index (χ4v) is 2.52. The molecule has 2 rings (SSSR count). The summed E-state index contributed by atoms with van der Waals surface area (Å²) in [6.07, 6.45) is 3.83. The Kier molecular flexibility index (Phi) is 3.89. The van der Waals surface area contributed by atoms with E-state index in [-0.39, 0.29) is 0 Å². The second kappa shape index (κ2) is 5.23. The Morgan fingerprint density at radius 3 is 2.82 bits per heavy atom. The van der Waals surface area contributed by atoms with Gasteiger partial charge in [0, 0.05) is 27.8 Å². The van der Waals surface area contributed by atoms with Crippen LogP contribution in [0.25, 0.3) is 0 Å². The van der Waals surface area contributed by atoms with Crippen molar-refractivity contribution in [2.45, 2.75) is 26.3 Å². The number of rotatable bonds is 3. The van der Waals surface area contributed by atoms with Gasteiger partial charge in [-0.15, -0.1) is 0 Å². The predicted octanol–water partition coefficient (Wildman–Crippen LogP) is 4.47. The molecule has 0 saturated heterocycles. The zero-order valence-corrected chi connectivity index (χ0v) is 12.2. The molecule has 0 atom stereocenters. The Hall–Kier alpha value is -0.800. The summed E-state index contributed by atoms with van der Waals surface area (Å²) >= 11 is 9.62. The van der Waals surface area contributed by atoms with E-state index in [2.05, 4.69) is 39.3 Å². The molecule has 1 aromatic heterocycles. The normalized spacial score (nSPS) is 11.1. The number of halogens is 2. The largest absolute Gasteiger partial charge is 0.330 e. The quantitative estimate of drug-likeness (QED) is 0.817. The zero-order chi connectivity index (χ0) is 12.4. The highest BCUT2D eigenvalue weighted by molar-refractivity contribution is 9.10. The van der Waals surface area contributed by atoms with E-state index in [0.29, 0.717) is 5.92 Å². The minimum atomic E-state index is 0.416. The van der Waals surface area contributed by atoms with E-state index in [4.69, 9.17) is 11.6 Å². The second-order valence-electron chi connectivity index (χ2n) is 4.30. The highest BCUT2D eigenvalue weighted by Crippen LogP contribution is 2.23. The maximum Gasteiger partial charge on any atom is 0.111 e. The monoisotopic (exact) mass is 312 g/mol. The van der Waals surface area contributed by atoms with Gasteiger partial charge >= 0.3 is 0 Å². The molecule has 4 heteroatoms. The molecule has 0 aliphatic carbocycles. The predicted molar refractivity (Wildman–Crippen MR) is 74.6 cm³/mol. The first-order valence-corrected chi connectivity index (χ1v) is 6.70. The number of aromatic nitrogens is 2. The maximum absolute atomic E-state index is 6.21. The molecule has 17 heavy (non-hydrogen) atoms. The van der Waals surface area contributed by atoms with Crippen LogP contribution in [0.15, 0.2) is 35.1 Å². The molecule has 0 radical (unpaired) electrons. The first-order valence-electron chi connectivity index (χ1n) is 5.53. The topological polar surface area (TPSA) is 17.8 Å². The lowest BCUT2D eigenvalue weighted by atomic mass is 10.2. The highest BCUT2D eigenvalue weighted by atomic mass is 79.9. The summed E-state index contributed by atoms with van der Waals surface area (Å²) in [5.74, 6) is 1.50. The van der Waals surface area contributed by atoms with Crippen molar-refractivity contribution in [3.05, 3.63) is 51.5 Å². The summed E-state index contributed by atoms with van der Waals surface area (Å²) in [7, 11) is 0. The van der Waals surface area contributed by atoms with Crippen LogP contribution in [-0.4, -0.2) is 9.55 Å². The Balaban J connectivity index is 2.28. The van der Waals surface area contributed by atoms with E-state index in [1.54, 1.807) is 0 Å². The van der Waals surface area contributed by atoms with Crippen molar-refractivity contribution >= 4 is 27.5 Å². The molecule has 1 aromatic carbocycles. The van der Waals surface area contributed by atoms with Crippen LogP contribution in [0.4, 0.5) is 0 Å². The van der Waals surface area contributed by atoms with E-state index in [1.807, 2.05) is 30.6 Å². The average Bonchev–Trinajstić information content (AvgIpc) is 2.70. The molecule has 0 aliphatic heterocycles. The van der Waals surface area contributed by atoms with Gasteiger partial charge in [-0.3, -0.25) is 0 Å². The third kappa shape index (κ3) is 2.90. The van der Waals surface area contributed by atoms with Gasteiger partial charge in [0.1, 0.15) is 5.82 Å². The zero-order valence-electron chi connectivity index (χ0n) is 9.82. The van der Waals surface area contributed by atoms with Crippen molar-refractivity contribution in [3.63, 3.8) is 0 Å². The van der Waals surface area contributed by atoms with E-state index in [9.17, 15) is 0 Å². The number of imidazole rings is 1. The molecule has 0 fully saturated rings. The Morgan fingerprint density at radius 1 is 1.41 bits per heavy atom. The van der Waals surface area contributed by atoms with Crippen LogP contribution in [0, 0.1) is 0 Å². The second-order valence-corrected chi connectivity index (χ2v) is 5.63. The maximum atomic E-state index is 6.21. The van der Waals surface area contributed by atoms with Gasteiger partial charge in [0.05, 0.1) is 6.54 Å². The number of nitrogens with zero attached hydrogens (tertiary/aromatic N) is 2. The minimum absolute atomic E-state index is 0.416. The summed E-state index contributed by atoms with van der Waals surface area (Å²) in [6, 6.07) is 5.96. The van der Waals surface area contributed by atoms with E-state index >= 15 is 0 Å². The third-order valence-electron chi connectivity index (χ3n) is 2.62. The summed E-state index contributed by atoms with van der Waals surface area (Å²) in [5.41, 5.74) is 1.11.